The van der Waals surface area contributed by atoms with E-state index in [1.807, 2.05) is 0 Å². The standard InChI is InChI=1S/C12H10N2O5/c1-7(12(15)16)19-10-5-4-9(14(17)18)11-8(10)3-2-6-13-11/h2-7H,1H3,(H,15,16)/t7-/m0/s1. The predicted molar refractivity (Wildman–Crippen MR) is 66.1 cm³/mol. The van der Waals surface area contributed by atoms with Gasteiger partial charge in [0.05, 0.1) is 4.92 Å². The molecular formula is C12H10N2O5. The van der Waals surface area contributed by atoms with Gasteiger partial charge in [-0.05, 0) is 25.1 Å². The van der Waals surface area contributed by atoms with E-state index in [-0.39, 0.29) is 17.0 Å². The van der Waals surface area contributed by atoms with Crippen molar-refractivity contribution in [1.29, 1.82) is 0 Å². The van der Waals surface area contributed by atoms with Crippen molar-refractivity contribution in [2.24, 2.45) is 0 Å². The van der Waals surface area contributed by atoms with E-state index >= 15 is 0 Å². The summed E-state index contributed by atoms with van der Waals surface area (Å²) in [6.45, 7) is 1.38. The smallest absolute Gasteiger partial charge is 0.344 e. The molecule has 0 saturated carbocycles. The van der Waals surface area contributed by atoms with Crippen molar-refractivity contribution in [3.05, 3.63) is 40.6 Å². The lowest BCUT2D eigenvalue weighted by Crippen LogP contribution is -2.23. The van der Waals surface area contributed by atoms with E-state index < -0.39 is 17.0 Å². The molecule has 1 aromatic heterocycles. The number of fused-ring (bicyclic) bond motifs is 1. The number of nitro groups is 1. The number of pyridine rings is 1. The fourth-order valence-electron chi connectivity index (χ4n) is 1.62. The Labute approximate surface area is 107 Å². The fraction of sp³-hybridized carbons (Fsp3) is 0.167. The maximum absolute atomic E-state index is 10.9. The maximum atomic E-state index is 10.9. The topological polar surface area (TPSA) is 103 Å². The van der Waals surface area contributed by atoms with E-state index in [0.717, 1.165) is 0 Å². The highest BCUT2D eigenvalue weighted by molar-refractivity contribution is 5.92. The monoisotopic (exact) mass is 262 g/mol. The van der Waals surface area contributed by atoms with Gasteiger partial charge in [0.15, 0.2) is 11.6 Å². The van der Waals surface area contributed by atoms with Crippen LogP contribution in [0.25, 0.3) is 10.9 Å². The summed E-state index contributed by atoms with van der Waals surface area (Å²) < 4.78 is 5.26. The molecule has 0 radical (unpaired) electrons. The number of rotatable bonds is 4. The van der Waals surface area contributed by atoms with Crippen LogP contribution >= 0.6 is 0 Å². The van der Waals surface area contributed by atoms with Crippen LogP contribution in [0.5, 0.6) is 5.75 Å². The summed E-state index contributed by atoms with van der Waals surface area (Å²) in [6, 6.07) is 5.82. The highest BCUT2D eigenvalue weighted by Crippen LogP contribution is 2.31. The number of carbonyl (C=O) groups is 1. The molecule has 0 amide bonds. The number of hydrogen-bond acceptors (Lipinski definition) is 5. The number of aliphatic carboxylic acids is 1. The summed E-state index contributed by atoms with van der Waals surface area (Å²) >= 11 is 0. The van der Waals surface area contributed by atoms with Crippen LogP contribution in [0.1, 0.15) is 6.92 Å². The molecular weight excluding hydrogens is 252 g/mol. The van der Waals surface area contributed by atoms with Gasteiger partial charge in [-0.25, -0.2) is 9.78 Å². The van der Waals surface area contributed by atoms with E-state index in [0.29, 0.717) is 5.39 Å². The molecule has 98 valence electrons. The zero-order valence-corrected chi connectivity index (χ0v) is 9.94. The Balaban J connectivity index is 2.55. The van der Waals surface area contributed by atoms with Crippen LogP contribution in [0.15, 0.2) is 30.5 Å². The number of aromatic nitrogens is 1. The summed E-state index contributed by atoms with van der Waals surface area (Å²) in [4.78, 5) is 25.1. The second kappa shape index (κ2) is 4.89. The van der Waals surface area contributed by atoms with Crippen LogP contribution in [0.2, 0.25) is 0 Å². The van der Waals surface area contributed by atoms with Crippen LogP contribution in [-0.2, 0) is 4.79 Å². The van der Waals surface area contributed by atoms with Gasteiger partial charge in [0.1, 0.15) is 5.75 Å². The minimum atomic E-state index is -1.12. The molecule has 2 aromatic rings. The van der Waals surface area contributed by atoms with Gasteiger partial charge in [-0.15, -0.1) is 0 Å². The van der Waals surface area contributed by atoms with Crippen molar-refractivity contribution in [1.82, 2.24) is 4.98 Å². The van der Waals surface area contributed by atoms with Gasteiger partial charge in [0.2, 0.25) is 0 Å². The molecule has 0 spiro atoms. The van der Waals surface area contributed by atoms with E-state index in [9.17, 15) is 14.9 Å². The first-order valence-corrected chi connectivity index (χ1v) is 5.42. The molecule has 0 fully saturated rings. The first-order chi connectivity index (χ1) is 9.00. The number of ether oxygens (including phenoxy) is 1. The molecule has 1 atom stereocenters. The van der Waals surface area contributed by atoms with Gasteiger partial charge in [0.25, 0.3) is 5.69 Å². The van der Waals surface area contributed by atoms with E-state index in [2.05, 4.69) is 4.98 Å². The molecule has 0 aliphatic rings. The lowest BCUT2D eigenvalue weighted by molar-refractivity contribution is -0.383. The summed E-state index contributed by atoms with van der Waals surface area (Å²) in [5, 5.41) is 20.1. The number of hydrogen-bond donors (Lipinski definition) is 1. The summed E-state index contributed by atoms with van der Waals surface area (Å²) in [5.41, 5.74) is 0.0218. The Morgan fingerprint density at radius 1 is 1.47 bits per heavy atom. The van der Waals surface area contributed by atoms with E-state index in [1.165, 1.54) is 25.3 Å². The van der Waals surface area contributed by atoms with Crippen molar-refractivity contribution in [2.45, 2.75) is 13.0 Å². The molecule has 7 nitrogen and oxygen atoms in total. The Bertz CT molecular complexity index is 656. The van der Waals surface area contributed by atoms with E-state index in [1.54, 1.807) is 12.1 Å². The zero-order chi connectivity index (χ0) is 14.0. The average Bonchev–Trinajstić information content (AvgIpc) is 2.38. The van der Waals surface area contributed by atoms with Gasteiger partial charge in [-0.2, -0.15) is 0 Å². The first-order valence-electron chi connectivity index (χ1n) is 5.42. The lowest BCUT2D eigenvalue weighted by atomic mass is 10.1. The van der Waals surface area contributed by atoms with Gasteiger partial charge >= 0.3 is 5.97 Å². The Kier molecular flexibility index (Phi) is 3.28. The number of nitrogens with zero attached hydrogens (tertiary/aromatic N) is 2. The highest BCUT2D eigenvalue weighted by atomic mass is 16.6. The molecule has 2 rings (SSSR count). The Hall–Kier alpha value is -2.70. The van der Waals surface area contributed by atoms with Crippen molar-refractivity contribution >= 4 is 22.6 Å². The Morgan fingerprint density at radius 2 is 2.21 bits per heavy atom. The predicted octanol–water partition coefficient (Wildman–Crippen LogP) is 1.99. The molecule has 0 unspecified atom stereocenters. The third kappa shape index (κ3) is 2.44. The van der Waals surface area contributed by atoms with Crippen molar-refractivity contribution < 1.29 is 19.6 Å². The molecule has 0 bridgehead atoms. The molecule has 0 aliphatic carbocycles. The molecule has 19 heavy (non-hydrogen) atoms. The minimum absolute atomic E-state index is 0.147. The van der Waals surface area contributed by atoms with Crippen LogP contribution in [-0.4, -0.2) is 27.1 Å². The number of nitro benzene ring substituents is 1. The van der Waals surface area contributed by atoms with Crippen molar-refractivity contribution in [3.8, 4) is 5.75 Å². The minimum Gasteiger partial charge on any atom is -0.479 e. The molecule has 0 saturated heterocycles. The summed E-state index contributed by atoms with van der Waals surface area (Å²) in [7, 11) is 0. The van der Waals surface area contributed by atoms with Crippen molar-refractivity contribution in [3.63, 3.8) is 0 Å². The SMILES string of the molecule is C[C@H](Oc1ccc([N+](=O)[O-])c2ncccc12)C(=O)O. The van der Waals surface area contributed by atoms with Crippen molar-refractivity contribution in [2.75, 3.05) is 0 Å². The molecule has 1 heterocycles. The average molecular weight is 262 g/mol. The van der Waals surface area contributed by atoms with Gasteiger partial charge in [0, 0.05) is 17.6 Å². The zero-order valence-electron chi connectivity index (χ0n) is 9.94. The maximum Gasteiger partial charge on any atom is 0.344 e. The second-order valence-electron chi connectivity index (χ2n) is 3.84. The Morgan fingerprint density at radius 3 is 2.84 bits per heavy atom. The number of benzene rings is 1. The van der Waals surface area contributed by atoms with Crippen LogP contribution in [0.4, 0.5) is 5.69 Å². The molecule has 1 aromatic carbocycles. The third-order valence-corrected chi connectivity index (χ3v) is 2.56. The van der Waals surface area contributed by atoms with Crippen LogP contribution in [0.3, 0.4) is 0 Å². The van der Waals surface area contributed by atoms with Crippen LogP contribution < -0.4 is 4.74 Å². The van der Waals surface area contributed by atoms with E-state index in [4.69, 9.17) is 9.84 Å². The summed E-state index contributed by atoms with van der Waals surface area (Å²) in [6.07, 6.45) is 0.379. The largest absolute Gasteiger partial charge is 0.479 e. The van der Waals surface area contributed by atoms with Gasteiger partial charge < -0.3 is 9.84 Å². The molecule has 7 heteroatoms. The van der Waals surface area contributed by atoms with Gasteiger partial charge in [-0.1, -0.05) is 0 Å². The molecule has 0 aliphatic heterocycles. The quantitative estimate of drug-likeness (QED) is 0.667. The fourth-order valence-corrected chi connectivity index (χ4v) is 1.62. The molecule has 1 N–H and O–H groups in total. The third-order valence-electron chi connectivity index (χ3n) is 2.56. The number of carboxylic acids is 1. The number of carboxylic acid groups (broad SMARTS) is 1. The first kappa shape index (κ1) is 12.7. The normalized spacial score (nSPS) is 12.1. The number of non-ortho nitro benzene ring substituents is 1. The highest BCUT2D eigenvalue weighted by Gasteiger charge is 2.19. The summed E-state index contributed by atoms with van der Waals surface area (Å²) in [5.74, 6) is -0.862. The van der Waals surface area contributed by atoms with Crippen LogP contribution in [0, 0.1) is 10.1 Å². The van der Waals surface area contributed by atoms with Gasteiger partial charge in [-0.3, -0.25) is 10.1 Å². The second-order valence-corrected chi connectivity index (χ2v) is 3.84. The lowest BCUT2D eigenvalue weighted by Gasteiger charge is -2.12.